The van der Waals surface area contributed by atoms with Crippen molar-refractivity contribution in [2.24, 2.45) is 0 Å². The van der Waals surface area contributed by atoms with Crippen LogP contribution in [0.4, 0.5) is 20.4 Å². The topological polar surface area (TPSA) is 159 Å². The highest BCUT2D eigenvalue weighted by atomic mass is 19.2. The van der Waals surface area contributed by atoms with Crippen molar-refractivity contribution in [3.05, 3.63) is 95.3 Å². The van der Waals surface area contributed by atoms with E-state index in [4.69, 9.17) is 5.73 Å². The first-order valence-corrected chi connectivity index (χ1v) is 13.9. The Labute approximate surface area is 252 Å². The van der Waals surface area contributed by atoms with Gasteiger partial charge in [-0.25, -0.2) is 28.7 Å². The molecule has 5 N–H and O–H groups in total. The smallest absolute Gasteiger partial charge is 0.274 e. The summed E-state index contributed by atoms with van der Waals surface area (Å²) in [6.07, 6.45) is 5.70. The summed E-state index contributed by atoms with van der Waals surface area (Å²) >= 11 is 0. The van der Waals surface area contributed by atoms with Gasteiger partial charge in [0.2, 0.25) is 0 Å². The minimum absolute atomic E-state index is 0.0427. The van der Waals surface area contributed by atoms with Gasteiger partial charge < -0.3 is 26.3 Å². The molecule has 0 saturated carbocycles. The average Bonchev–Trinajstić information content (AvgIpc) is 3.41. The zero-order valence-electron chi connectivity index (χ0n) is 24.1. The normalized spacial score (nSPS) is 11.7. The lowest BCUT2D eigenvalue weighted by Crippen LogP contribution is -2.29. The van der Waals surface area contributed by atoms with Crippen LogP contribution in [-0.4, -0.2) is 44.0 Å². The molecule has 0 fully saturated rings. The molecule has 1 unspecified atom stereocenters. The van der Waals surface area contributed by atoms with Gasteiger partial charge in [-0.15, -0.1) is 0 Å². The molecule has 5 rings (SSSR count). The van der Waals surface area contributed by atoms with Crippen molar-refractivity contribution >= 4 is 28.6 Å². The number of amides is 1. The summed E-state index contributed by atoms with van der Waals surface area (Å²) in [5, 5.41) is 19.1. The van der Waals surface area contributed by atoms with Gasteiger partial charge >= 0.3 is 0 Å². The highest BCUT2D eigenvalue weighted by Gasteiger charge is 2.20. The number of nitriles is 1. The monoisotopic (exact) mass is 596 g/mol. The van der Waals surface area contributed by atoms with Crippen LogP contribution in [0.5, 0.6) is 0 Å². The molecule has 3 heterocycles. The fourth-order valence-electron chi connectivity index (χ4n) is 4.81. The van der Waals surface area contributed by atoms with E-state index < -0.39 is 23.6 Å². The highest BCUT2D eigenvalue weighted by molar-refractivity contribution is 6.00. The van der Waals surface area contributed by atoms with Gasteiger partial charge in [0.15, 0.2) is 28.8 Å². The van der Waals surface area contributed by atoms with Crippen LogP contribution in [0.15, 0.2) is 61.2 Å². The number of fused-ring (bicyclic) bond motifs is 1. The van der Waals surface area contributed by atoms with Crippen molar-refractivity contribution in [3.8, 4) is 17.2 Å². The number of hydrogen-bond acceptors (Lipinski definition) is 9. The number of nitrogens with zero attached hydrogens (tertiary/aromatic N) is 6. The quantitative estimate of drug-likeness (QED) is 0.163. The fraction of sp³-hybridized carbons (Fsp3) is 0.226. The van der Waals surface area contributed by atoms with Crippen LogP contribution < -0.4 is 21.7 Å². The summed E-state index contributed by atoms with van der Waals surface area (Å²) in [5.41, 5.74) is 10.0. The Balaban J connectivity index is 1.33. The largest absolute Gasteiger partial charge is 0.383 e. The molecule has 11 nitrogen and oxygen atoms in total. The maximum absolute atomic E-state index is 13.7. The molecule has 1 atom stereocenters. The molecule has 0 bridgehead atoms. The maximum Gasteiger partial charge on any atom is 0.274 e. The summed E-state index contributed by atoms with van der Waals surface area (Å²) in [6, 6.07) is 12.4. The van der Waals surface area contributed by atoms with E-state index in [1.807, 2.05) is 43.6 Å². The highest BCUT2D eigenvalue weighted by Crippen LogP contribution is 2.33. The number of benzene rings is 2. The van der Waals surface area contributed by atoms with E-state index in [1.165, 1.54) is 18.6 Å². The molecule has 224 valence electrons. The Bertz CT molecular complexity index is 1850. The van der Waals surface area contributed by atoms with Gasteiger partial charge in [-0.2, -0.15) is 5.26 Å². The van der Waals surface area contributed by atoms with Crippen molar-refractivity contribution in [1.29, 1.82) is 5.26 Å². The number of aromatic nitrogens is 5. The lowest BCUT2D eigenvalue weighted by atomic mass is 10.0. The predicted molar refractivity (Wildman–Crippen MR) is 162 cm³/mol. The molecule has 5 aromatic rings. The first-order valence-electron chi connectivity index (χ1n) is 13.9. The first-order chi connectivity index (χ1) is 21.3. The molecular weight excluding hydrogens is 566 g/mol. The molecule has 2 aromatic carbocycles. The van der Waals surface area contributed by atoms with Crippen molar-refractivity contribution in [2.75, 3.05) is 24.6 Å². The van der Waals surface area contributed by atoms with Crippen LogP contribution >= 0.6 is 0 Å². The Kier molecular flexibility index (Phi) is 9.01. The second-order valence-electron chi connectivity index (χ2n) is 10.1. The van der Waals surface area contributed by atoms with Crippen molar-refractivity contribution < 1.29 is 13.6 Å². The van der Waals surface area contributed by atoms with E-state index in [9.17, 15) is 18.8 Å². The number of carbonyl (C=O) groups is 1. The minimum Gasteiger partial charge on any atom is -0.383 e. The third-order valence-corrected chi connectivity index (χ3v) is 7.13. The summed E-state index contributed by atoms with van der Waals surface area (Å²) < 4.78 is 29.2. The van der Waals surface area contributed by atoms with Crippen molar-refractivity contribution in [3.63, 3.8) is 0 Å². The molecule has 1 amide bonds. The number of halogens is 2. The Morgan fingerprint density at radius 3 is 2.64 bits per heavy atom. The molecule has 0 saturated heterocycles. The third-order valence-electron chi connectivity index (χ3n) is 7.13. The van der Waals surface area contributed by atoms with E-state index in [-0.39, 0.29) is 17.2 Å². The summed E-state index contributed by atoms with van der Waals surface area (Å²) in [4.78, 5) is 30.2. The molecule has 44 heavy (non-hydrogen) atoms. The lowest BCUT2D eigenvalue weighted by molar-refractivity contribution is 0.0935. The number of nitrogens with one attached hydrogen (secondary N) is 3. The van der Waals surface area contributed by atoms with E-state index in [2.05, 4.69) is 40.5 Å². The second kappa shape index (κ2) is 13.2. The molecule has 3 aromatic heterocycles. The molecule has 0 radical (unpaired) electrons. The van der Waals surface area contributed by atoms with Crippen molar-refractivity contribution in [1.82, 2.24) is 35.1 Å². The van der Waals surface area contributed by atoms with E-state index in [0.29, 0.717) is 17.9 Å². The van der Waals surface area contributed by atoms with Crippen LogP contribution in [0, 0.1) is 23.0 Å². The van der Waals surface area contributed by atoms with Gasteiger partial charge in [0.25, 0.3) is 5.91 Å². The molecule has 0 spiro atoms. The van der Waals surface area contributed by atoms with Crippen molar-refractivity contribution in [2.45, 2.75) is 32.5 Å². The third kappa shape index (κ3) is 6.45. The number of carbonyl (C=O) groups excluding carboxylic acids is 1. The average molecular weight is 597 g/mol. The Hall–Kier alpha value is -5.48. The van der Waals surface area contributed by atoms with Crippen LogP contribution in [0.1, 0.15) is 46.7 Å². The van der Waals surface area contributed by atoms with E-state index in [0.717, 1.165) is 59.4 Å². The minimum atomic E-state index is -1.02. The van der Waals surface area contributed by atoms with Crippen LogP contribution in [0.2, 0.25) is 0 Å². The summed E-state index contributed by atoms with van der Waals surface area (Å²) in [7, 11) is 1.92. The van der Waals surface area contributed by atoms with Crippen LogP contribution in [-0.2, 0) is 13.1 Å². The number of aryl methyl sites for hydroxylation is 1. The number of nitrogens with two attached hydrogens (primary N) is 1. The molecule has 0 aliphatic carbocycles. The number of nitrogen functional groups attached to an aromatic ring is 1. The van der Waals surface area contributed by atoms with Gasteiger partial charge in [-0.1, -0.05) is 30.3 Å². The summed E-state index contributed by atoms with van der Waals surface area (Å²) in [6.45, 7) is 3.58. The van der Waals surface area contributed by atoms with Gasteiger partial charge in [0, 0.05) is 24.8 Å². The number of rotatable bonds is 11. The van der Waals surface area contributed by atoms with E-state index in [1.54, 1.807) is 6.92 Å². The summed E-state index contributed by atoms with van der Waals surface area (Å²) in [5.74, 6) is -2.06. The van der Waals surface area contributed by atoms with E-state index >= 15 is 0 Å². The van der Waals surface area contributed by atoms with Gasteiger partial charge in [0.1, 0.15) is 23.9 Å². The number of hydrogen-bond donors (Lipinski definition) is 4. The fourth-order valence-corrected chi connectivity index (χ4v) is 4.81. The standard InChI is InChI=1S/C31H30F2N10O/c1-18(21-8-9-24(32)25(33)12-21)41-31(44)27-29(38-15-22(13-34)42-27)37-14-19-4-6-20(7-5-19)23-16-43(11-3-10-36-2)30-26(23)28(35)39-17-40-30/h4-9,12,15-18,36H,3,10-11,14H2,1-2H3,(H,37,38)(H,41,44)(H2,35,39,40). The zero-order chi connectivity index (χ0) is 31.2. The number of anilines is 2. The predicted octanol–water partition coefficient (Wildman–Crippen LogP) is 4.33. The maximum atomic E-state index is 13.7. The van der Waals surface area contributed by atoms with Gasteiger partial charge in [0.05, 0.1) is 17.6 Å². The SMILES string of the molecule is CNCCCn1cc(-c2ccc(CNc3ncc(C#N)nc3C(=O)NC(C)c3ccc(F)c(F)c3)cc2)c2c(N)ncnc21. The lowest BCUT2D eigenvalue weighted by Gasteiger charge is -2.16. The molecular formula is C31H30F2N10O. The molecule has 0 aliphatic rings. The molecule has 13 heteroatoms. The van der Waals surface area contributed by atoms with Gasteiger partial charge in [-0.05, 0) is 55.8 Å². The Morgan fingerprint density at radius 2 is 1.91 bits per heavy atom. The van der Waals surface area contributed by atoms with Crippen LogP contribution in [0.3, 0.4) is 0 Å². The molecule has 0 aliphatic heterocycles. The first kappa shape index (κ1) is 30.0. The second-order valence-corrected chi connectivity index (χ2v) is 10.1. The Morgan fingerprint density at radius 1 is 1.11 bits per heavy atom. The van der Waals surface area contributed by atoms with Gasteiger partial charge in [-0.3, -0.25) is 4.79 Å². The van der Waals surface area contributed by atoms with Crippen LogP contribution in [0.25, 0.3) is 22.2 Å². The zero-order valence-corrected chi connectivity index (χ0v) is 24.1.